The number of ether oxygens (including phenoxy) is 1. The van der Waals surface area contributed by atoms with Gasteiger partial charge in [-0.3, -0.25) is 4.79 Å². The largest absolute Gasteiger partial charge is 0.445 e. The van der Waals surface area contributed by atoms with Crippen molar-refractivity contribution < 1.29 is 14.3 Å². The fourth-order valence-corrected chi connectivity index (χ4v) is 3.40. The van der Waals surface area contributed by atoms with E-state index in [1.54, 1.807) is 9.58 Å². The third-order valence-electron chi connectivity index (χ3n) is 5.15. The summed E-state index contributed by atoms with van der Waals surface area (Å²) in [6, 6.07) is 13.2. The van der Waals surface area contributed by atoms with E-state index in [2.05, 4.69) is 25.3 Å². The van der Waals surface area contributed by atoms with Gasteiger partial charge < -0.3 is 19.9 Å². The highest BCUT2D eigenvalue weighted by Gasteiger charge is 2.22. The highest BCUT2D eigenvalue weighted by atomic mass is 16.5. The monoisotopic (exact) mass is 435 g/mol. The van der Waals surface area contributed by atoms with Crippen LogP contribution in [0.25, 0.3) is 5.82 Å². The van der Waals surface area contributed by atoms with Gasteiger partial charge in [-0.25, -0.2) is 19.4 Å². The number of amides is 2. The Kier molecular flexibility index (Phi) is 6.59. The molecule has 3 aromatic rings. The van der Waals surface area contributed by atoms with E-state index < -0.39 is 6.09 Å². The molecule has 1 saturated heterocycles. The van der Waals surface area contributed by atoms with E-state index in [1.807, 2.05) is 55.6 Å². The fraction of sp³-hybridized carbons (Fsp3) is 0.318. The van der Waals surface area contributed by atoms with Crippen LogP contribution < -0.4 is 10.2 Å². The number of hydrogen-bond donors (Lipinski definition) is 1. The molecule has 32 heavy (non-hydrogen) atoms. The first-order valence-corrected chi connectivity index (χ1v) is 10.4. The maximum Gasteiger partial charge on any atom is 0.407 e. The summed E-state index contributed by atoms with van der Waals surface area (Å²) in [5.41, 5.74) is 1.80. The first-order valence-electron chi connectivity index (χ1n) is 10.4. The third-order valence-corrected chi connectivity index (χ3v) is 5.15. The maximum atomic E-state index is 12.5. The van der Waals surface area contributed by atoms with Crippen molar-refractivity contribution in [2.24, 2.45) is 0 Å². The van der Waals surface area contributed by atoms with Gasteiger partial charge in [0.1, 0.15) is 25.3 Å². The second-order valence-corrected chi connectivity index (χ2v) is 7.42. The molecule has 0 spiro atoms. The zero-order valence-corrected chi connectivity index (χ0v) is 17.8. The van der Waals surface area contributed by atoms with E-state index in [0.29, 0.717) is 32.0 Å². The van der Waals surface area contributed by atoms with Crippen LogP contribution in [0.15, 0.2) is 55.0 Å². The number of piperazine rings is 1. The first kappa shape index (κ1) is 21.3. The SMILES string of the molecule is Cc1ccn(-c2cc(N3CCN(C(=O)CNC(=O)OCc4ccccc4)CC3)ncn2)n1. The Morgan fingerprint density at radius 3 is 2.50 bits per heavy atom. The lowest BCUT2D eigenvalue weighted by Gasteiger charge is -2.35. The molecule has 4 rings (SSSR count). The molecule has 10 heteroatoms. The lowest BCUT2D eigenvalue weighted by molar-refractivity contribution is -0.130. The Hall–Kier alpha value is -3.95. The number of nitrogens with one attached hydrogen (secondary N) is 1. The number of benzene rings is 1. The zero-order valence-electron chi connectivity index (χ0n) is 17.8. The Bertz CT molecular complexity index is 1060. The summed E-state index contributed by atoms with van der Waals surface area (Å²) < 4.78 is 6.85. The minimum Gasteiger partial charge on any atom is -0.445 e. The van der Waals surface area contributed by atoms with Gasteiger partial charge in [0.2, 0.25) is 5.91 Å². The molecule has 2 amide bonds. The van der Waals surface area contributed by atoms with Gasteiger partial charge in [0.15, 0.2) is 5.82 Å². The van der Waals surface area contributed by atoms with Gasteiger partial charge in [-0.2, -0.15) is 5.10 Å². The molecule has 0 bridgehead atoms. The van der Waals surface area contributed by atoms with Crippen LogP contribution in [0.1, 0.15) is 11.3 Å². The van der Waals surface area contributed by atoms with Gasteiger partial charge >= 0.3 is 6.09 Å². The number of rotatable bonds is 6. The molecule has 0 radical (unpaired) electrons. The minimum atomic E-state index is -0.608. The average Bonchev–Trinajstić information content (AvgIpc) is 3.28. The van der Waals surface area contributed by atoms with Crippen LogP contribution in [-0.4, -0.2) is 69.4 Å². The Labute approximate surface area is 185 Å². The van der Waals surface area contributed by atoms with Crippen molar-refractivity contribution in [2.75, 3.05) is 37.6 Å². The second kappa shape index (κ2) is 9.90. The molecular formula is C22H25N7O3. The van der Waals surface area contributed by atoms with Crippen LogP contribution in [0.2, 0.25) is 0 Å². The van der Waals surface area contributed by atoms with Gasteiger partial charge in [-0.05, 0) is 18.6 Å². The van der Waals surface area contributed by atoms with E-state index in [4.69, 9.17) is 4.74 Å². The van der Waals surface area contributed by atoms with E-state index in [-0.39, 0.29) is 19.1 Å². The number of aryl methyl sites for hydroxylation is 1. The van der Waals surface area contributed by atoms with Crippen molar-refractivity contribution >= 4 is 17.8 Å². The lowest BCUT2D eigenvalue weighted by Crippen LogP contribution is -2.51. The van der Waals surface area contributed by atoms with Gasteiger partial charge in [0, 0.05) is 38.4 Å². The summed E-state index contributed by atoms with van der Waals surface area (Å²) >= 11 is 0. The third kappa shape index (κ3) is 5.39. The highest BCUT2D eigenvalue weighted by molar-refractivity contribution is 5.82. The molecule has 0 atom stereocenters. The quantitative estimate of drug-likeness (QED) is 0.626. The van der Waals surface area contributed by atoms with Crippen LogP contribution in [0.5, 0.6) is 0 Å². The molecule has 1 aliphatic heterocycles. The number of carbonyl (C=O) groups excluding carboxylic acids is 2. The van der Waals surface area contributed by atoms with Crippen molar-refractivity contribution in [1.82, 2.24) is 30.0 Å². The van der Waals surface area contributed by atoms with Crippen molar-refractivity contribution in [3.8, 4) is 5.82 Å². The highest BCUT2D eigenvalue weighted by Crippen LogP contribution is 2.16. The molecule has 1 N–H and O–H groups in total. The first-order chi connectivity index (χ1) is 15.6. The zero-order chi connectivity index (χ0) is 22.3. The number of carbonyl (C=O) groups is 2. The number of alkyl carbamates (subject to hydrolysis) is 1. The summed E-state index contributed by atoms with van der Waals surface area (Å²) in [6.07, 6.45) is 2.77. The van der Waals surface area contributed by atoms with E-state index >= 15 is 0 Å². The van der Waals surface area contributed by atoms with Crippen LogP contribution in [0.3, 0.4) is 0 Å². The van der Waals surface area contributed by atoms with E-state index in [9.17, 15) is 9.59 Å². The topological polar surface area (TPSA) is 105 Å². The molecule has 166 valence electrons. The molecule has 3 heterocycles. The number of aromatic nitrogens is 4. The van der Waals surface area contributed by atoms with Crippen LogP contribution in [0, 0.1) is 6.92 Å². The molecule has 0 aliphatic carbocycles. The number of nitrogens with zero attached hydrogens (tertiary/aromatic N) is 6. The van der Waals surface area contributed by atoms with E-state index in [0.717, 1.165) is 17.1 Å². The molecular weight excluding hydrogens is 410 g/mol. The molecule has 0 saturated carbocycles. The Balaban J connectivity index is 1.23. The number of hydrogen-bond acceptors (Lipinski definition) is 7. The molecule has 1 fully saturated rings. The fourth-order valence-electron chi connectivity index (χ4n) is 3.40. The second-order valence-electron chi connectivity index (χ2n) is 7.42. The van der Waals surface area contributed by atoms with Gasteiger partial charge in [-0.1, -0.05) is 30.3 Å². The summed E-state index contributed by atoms with van der Waals surface area (Å²) in [4.78, 5) is 36.8. The van der Waals surface area contributed by atoms with Crippen LogP contribution in [0.4, 0.5) is 10.6 Å². The number of anilines is 1. The van der Waals surface area contributed by atoms with Crippen molar-refractivity contribution in [3.63, 3.8) is 0 Å². The Morgan fingerprint density at radius 2 is 1.78 bits per heavy atom. The predicted octanol–water partition coefficient (Wildman–Crippen LogP) is 1.55. The average molecular weight is 435 g/mol. The summed E-state index contributed by atoms with van der Waals surface area (Å²) in [7, 11) is 0. The molecule has 0 unspecified atom stereocenters. The predicted molar refractivity (Wildman–Crippen MR) is 117 cm³/mol. The lowest BCUT2D eigenvalue weighted by atomic mass is 10.2. The van der Waals surface area contributed by atoms with Gasteiger partial charge in [0.25, 0.3) is 0 Å². The molecule has 10 nitrogen and oxygen atoms in total. The molecule has 1 aromatic carbocycles. The van der Waals surface area contributed by atoms with Crippen molar-refractivity contribution in [2.45, 2.75) is 13.5 Å². The molecule has 1 aliphatic rings. The smallest absolute Gasteiger partial charge is 0.407 e. The standard InChI is InChI=1S/C22H25N7O3/c1-17-7-8-29(26-17)20-13-19(24-16-25-20)27-9-11-28(12-10-27)21(30)14-23-22(31)32-15-18-5-3-2-4-6-18/h2-8,13,16H,9-12,14-15H2,1H3,(H,23,31). The summed E-state index contributed by atoms with van der Waals surface area (Å²) in [5, 5.41) is 6.90. The van der Waals surface area contributed by atoms with Gasteiger partial charge in [0.05, 0.1) is 5.69 Å². The maximum absolute atomic E-state index is 12.5. The normalized spacial score (nSPS) is 13.7. The van der Waals surface area contributed by atoms with Crippen molar-refractivity contribution in [1.29, 1.82) is 0 Å². The van der Waals surface area contributed by atoms with E-state index in [1.165, 1.54) is 6.33 Å². The minimum absolute atomic E-state index is 0.0933. The van der Waals surface area contributed by atoms with Crippen LogP contribution in [-0.2, 0) is 16.1 Å². The van der Waals surface area contributed by atoms with Crippen LogP contribution >= 0.6 is 0 Å². The summed E-state index contributed by atoms with van der Waals surface area (Å²) in [6.45, 7) is 4.35. The molecule has 2 aromatic heterocycles. The van der Waals surface area contributed by atoms with Gasteiger partial charge in [-0.15, -0.1) is 0 Å². The summed E-state index contributed by atoms with van der Waals surface area (Å²) in [5.74, 6) is 1.34. The Morgan fingerprint density at radius 1 is 1.03 bits per heavy atom. The van der Waals surface area contributed by atoms with Crippen molar-refractivity contribution in [3.05, 3.63) is 66.2 Å².